The molecule has 0 saturated carbocycles. The molecule has 2 rings (SSSR count). The van der Waals surface area contributed by atoms with Crippen molar-refractivity contribution in [1.29, 1.82) is 0 Å². The minimum Gasteiger partial charge on any atom is -0.373 e. The zero-order chi connectivity index (χ0) is 13.8. The van der Waals surface area contributed by atoms with Crippen LogP contribution in [0.2, 0.25) is 0 Å². The number of nitro groups is 1. The fraction of sp³-hybridized carbons (Fsp3) is 0.273. The number of pyridine rings is 1. The van der Waals surface area contributed by atoms with Gasteiger partial charge in [0.25, 0.3) is 5.69 Å². The third kappa shape index (κ3) is 3.18. The number of nitrogens with one attached hydrogen (secondary N) is 2. The molecule has 0 aliphatic carbocycles. The van der Waals surface area contributed by atoms with Crippen molar-refractivity contribution < 1.29 is 4.92 Å². The fourth-order valence-corrected chi connectivity index (χ4v) is 1.58. The summed E-state index contributed by atoms with van der Waals surface area (Å²) in [4.78, 5) is 14.6. The van der Waals surface area contributed by atoms with Crippen LogP contribution in [0.3, 0.4) is 0 Å². The van der Waals surface area contributed by atoms with E-state index in [9.17, 15) is 10.1 Å². The van der Waals surface area contributed by atoms with Crippen LogP contribution in [0, 0.1) is 10.1 Å². The van der Waals surface area contributed by atoms with Gasteiger partial charge < -0.3 is 10.6 Å². The van der Waals surface area contributed by atoms with Crippen molar-refractivity contribution in [3.05, 3.63) is 40.2 Å². The smallest absolute Gasteiger partial charge is 0.276 e. The normalized spacial score (nSPS) is 10.2. The van der Waals surface area contributed by atoms with Crippen LogP contribution in [0.4, 0.5) is 17.3 Å². The predicted octanol–water partition coefficient (Wildman–Crippen LogP) is 1.38. The molecule has 0 spiro atoms. The lowest BCUT2D eigenvalue weighted by Gasteiger charge is -2.06. The molecule has 2 N–H and O–H groups in total. The van der Waals surface area contributed by atoms with E-state index in [0.29, 0.717) is 18.2 Å². The molecule has 8 nitrogen and oxygen atoms in total. The predicted molar refractivity (Wildman–Crippen MR) is 71.0 cm³/mol. The highest BCUT2D eigenvalue weighted by molar-refractivity contribution is 5.54. The molecular formula is C11H14N6O2. The minimum absolute atomic E-state index is 0.0112. The molecule has 0 bridgehead atoms. The van der Waals surface area contributed by atoms with Gasteiger partial charge in [0.15, 0.2) is 0 Å². The highest BCUT2D eigenvalue weighted by Gasteiger charge is 2.10. The second kappa shape index (κ2) is 5.34. The zero-order valence-corrected chi connectivity index (χ0v) is 10.6. The van der Waals surface area contributed by atoms with Gasteiger partial charge in [0.1, 0.15) is 11.6 Å². The molecule has 0 atom stereocenters. The van der Waals surface area contributed by atoms with Gasteiger partial charge in [0.05, 0.1) is 29.3 Å². The summed E-state index contributed by atoms with van der Waals surface area (Å²) in [6.07, 6.45) is 1.83. The van der Waals surface area contributed by atoms with Crippen LogP contribution >= 0.6 is 0 Å². The first-order valence-corrected chi connectivity index (χ1v) is 5.65. The topological polar surface area (TPSA) is 97.9 Å². The lowest BCUT2D eigenvalue weighted by Crippen LogP contribution is -2.05. The molecule has 0 aromatic carbocycles. The largest absolute Gasteiger partial charge is 0.373 e. The molecule has 8 heteroatoms. The standard InChI is InChI=1S/C11H14N6O2/c1-12-10-5-9(17(18)19)6-11(14-10)13-7-8-3-4-16(2)15-8/h3-6H,7H2,1-2H3,(H2,12,13,14). The van der Waals surface area contributed by atoms with Crippen LogP contribution in [0.25, 0.3) is 0 Å². The van der Waals surface area contributed by atoms with E-state index < -0.39 is 4.92 Å². The summed E-state index contributed by atoms with van der Waals surface area (Å²) in [6.45, 7) is 0.457. The first-order valence-electron chi connectivity index (χ1n) is 5.65. The molecule has 0 amide bonds. The van der Waals surface area contributed by atoms with E-state index in [1.54, 1.807) is 11.7 Å². The van der Waals surface area contributed by atoms with Crippen LogP contribution in [0.1, 0.15) is 5.69 Å². The number of hydrogen-bond acceptors (Lipinski definition) is 6. The van der Waals surface area contributed by atoms with Crippen molar-refractivity contribution in [2.75, 3.05) is 17.7 Å². The van der Waals surface area contributed by atoms with Crippen LogP contribution in [0.15, 0.2) is 24.4 Å². The monoisotopic (exact) mass is 262 g/mol. The molecular weight excluding hydrogens is 248 g/mol. The van der Waals surface area contributed by atoms with Crippen molar-refractivity contribution in [3.8, 4) is 0 Å². The first kappa shape index (κ1) is 12.8. The van der Waals surface area contributed by atoms with Gasteiger partial charge in [-0.25, -0.2) is 4.98 Å². The molecule has 2 heterocycles. The van der Waals surface area contributed by atoms with Gasteiger partial charge >= 0.3 is 0 Å². The molecule has 0 aliphatic heterocycles. The van der Waals surface area contributed by atoms with Crippen LogP contribution in [-0.2, 0) is 13.6 Å². The van der Waals surface area contributed by atoms with Gasteiger partial charge in [0, 0.05) is 20.3 Å². The molecule has 100 valence electrons. The molecule has 2 aromatic rings. The van der Waals surface area contributed by atoms with E-state index >= 15 is 0 Å². The van der Waals surface area contributed by atoms with Gasteiger partial charge in [-0.3, -0.25) is 14.8 Å². The first-order chi connectivity index (χ1) is 9.08. The number of hydrogen-bond donors (Lipinski definition) is 2. The third-order valence-corrected chi connectivity index (χ3v) is 2.50. The fourth-order valence-electron chi connectivity index (χ4n) is 1.58. The lowest BCUT2D eigenvalue weighted by molar-refractivity contribution is -0.384. The van der Waals surface area contributed by atoms with E-state index in [0.717, 1.165) is 5.69 Å². The lowest BCUT2D eigenvalue weighted by atomic mass is 10.3. The Morgan fingerprint density at radius 2 is 2.16 bits per heavy atom. The highest BCUT2D eigenvalue weighted by atomic mass is 16.6. The van der Waals surface area contributed by atoms with Crippen LogP contribution in [-0.4, -0.2) is 26.7 Å². The molecule has 0 saturated heterocycles. The quantitative estimate of drug-likeness (QED) is 0.624. The van der Waals surface area contributed by atoms with Crippen molar-refractivity contribution >= 4 is 17.3 Å². The van der Waals surface area contributed by atoms with Gasteiger partial charge in [-0.1, -0.05) is 0 Å². The number of aryl methyl sites for hydroxylation is 1. The third-order valence-electron chi connectivity index (χ3n) is 2.50. The Bertz CT molecular complexity index is 595. The SMILES string of the molecule is CNc1cc([N+](=O)[O-])cc(NCc2ccn(C)n2)n1. The minimum atomic E-state index is -0.450. The van der Waals surface area contributed by atoms with Crippen molar-refractivity contribution in [2.24, 2.45) is 7.05 Å². The summed E-state index contributed by atoms with van der Waals surface area (Å²) in [5, 5.41) is 20.8. The van der Waals surface area contributed by atoms with Gasteiger partial charge in [-0.05, 0) is 6.07 Å². The van der Waals surface area contributed by atoms with Crippen molar-refractivity contribution in [1.82, 2.24) is 14.8 Å². The Kier molecular flexibility index (Phi) is 3.60. The molecule has 0 fully saturated rings. The van der Waals surface area contributed by atoms with E-state index in [1.807, 2.05) is 19.3 Å². The maximum Gasteiger partial charge on any atom is 0.276 e. The Labute approximate surface area is 109 Å². The average Bonchev–Trinajstić information content (AvgIpc) is 2.81. The van der Waals surface area contributed by atoms with Crippen molar-refractivity contribution in [2.45, 2.75) is 6.54 Å². The average molecular weight is 262 g/mol. The van der Waals surface area contributed by atoms with E-state index in [-0.39, 0.29) is 5.69 Å². The van der Waals surface area contributed by atoms with E-state index in [4.69, 9.17) is 0 Å². The second-order valence-electron chi connectivity index (χ2n) is 3.94. The summed E-state index contributed by atoms with van der Waals surface area (Å²) in [5.41, 5.74) is 0.824. The van der Waals surface area contributed by atoms with Gasteiger partial charge in [-0.2, -0.15) is 5.10 Å². The molecule has 0 unspecified atom stereocenters. The molecule has 0 aliphatic rings. The maximum atomic E-state index is 10.8. The Morgan fingerprint density at radius 3 is 2.74 bits per heavy atom. The summed E-state index contributed by atoms with van der Waals surface area (Å²) in [5.74, 6) is 0.877. The molecule has 19 heavy (non-hydrogen) atoms. The Hall–Kier alpha value is -2.64. The number of rotatable bonds is 5. The van der Waals surface area contributed by atoms with E-state index in [2.05, 4.69) is 20.7 Å². The highest BCUT2D eigenvalue weighted by Crippen LogP contribution is 2.20. The Balaban J connectivity index is 2.15. The number of aromatic nitrogens is 3. The number of nitrogens with zero attached hydrogens (tertiary/aromatic N) is 4. The summed E-state index contributed by atoms with van der Waals surface area (Å²) in [6, 6.07) is 4.64. The maximum absolute atomic E-state index is 10.8. The zero-order valence-electron chi connectivity index (χ0n) is 10.6. The van der Waals surface area contributed by atoms with Crippen LogP contribution < -0.4 is 10.6 Å². The summed E-state index contributed by atoms with van der Waals surface area (Å²) < 4.78 is 1.69. The second-order valence-corrected chi connectivity index (χ2v) is 3.94. The molecule has 2 aromatic heterocycles. The summed E-state index contributed by atoms with van der Waals surface area (Å²) in [7, 11) is 3.49. The van der Waals surface area contributed by atoms with Crippen LogP contribution in [0.5, 0.6) is 0 Å². The van der Waals surface area contributed by atoms with E-state index in [1.165, 1.54) is 12.1 Å². The van der Waals surface area contributed by atoms with Gasteiger partial charge in [0.2, 0.25) is 0 Å². The number of anilines is 2. The van der Waals surface area contributed by atoms with Crippen molar-refractivity contribution in [3.63, 3.8) is 0 Å². The van der Waals surface area contributed by atoms with Gasteiger partial charge in [-0.15, -0.1) is 0 Å². The molecule has 0 radical (unpaired) electrons. The Morgan fingerprint density at radius 1 is 1.42 bits per heavy atom. The summed E-state index contributed by atoms with van der Waals surface area (Å²) >= 11 is 0.